The van der Waals surface area contributed by atoms with E-state index in [0.717, 1.165) is 32.6 Å². The average Bonchev–Trinajstić information content (AvgIpc) is 2.82. The van der Waals surface area contributed by atoms with Gasteiger partial charge < -0.3 is 15.2 Å². The van der Waals surface area contributed by atoms with E-state index < -0.39 is 6.10 Å². The first kappa shape index (κ1) is 13.5. The number of nitrogens with one attached hydrogen (secondary N) is 1. The SMILES string of the molecule is CC1(CNCC(O)Cn2cccn2)CCOCC1. The fourth-order valence-corrected chi connectivity index (χ4v) is 2.27. The first-order valence-electron chi connectivity index (χ1n) is 6.62. The van der Waals surface area contributed by atoms with E-state index in [1.165, 1.54) is 0 Å². The lowest BCUT2D eigenvalue weighted by atomic mass is 9.82. The van der Waals surface area contributed by atoms with Gasteiger partial charge in [0.15, 0.2) is 0 Å². The maximum absolute atomic E-state index is 9.89. The van der Waals surface area contributed by atoms with Crippen molar-refractivity contribution in [2.24, 2.45) is 5.41 Å². The predicted molar refractivity (Wildman–Crippen MR) is 69.3 cm³/mol. The molecule has 0 bridgehead atoms. The maximum atomic E-state index is 9.89. The summed E-state index contributed by atoms with van der Waals surface area (Å²) in [5.74, 6) is 0. The highest BCUT2D eigenvalue weighted by Gasteiger charge is 2.26. The van der Waals surface area contributed by atoms with E-state index >= 15 is 0 Å². The van der Waals surface area contributed by atoms with E-state index in [2.05, 4.69) is 17.3 Å². The standard InChI is InChI=1S/C13H23N3O2/c1-13(3-7-18-8-4-13)11-14-9-12(17)10-16-6-2-5-15-16/h2,5-6,12,14,17H,3-4,7-11H2,1H3. The van der Waals surface area contributed by atoms with Gasteiger partial charge in [0.25, 0.3) is 0 Å². The Morgan fingerprint density at radius 3 is 2.94 bits per heavy atom. The van der Waals surface area contributed by atoms with Crippen molar-refractivity contribution in [2.75, 3.05) is 26.3 Å². The first-order chi connectivity index (χ1) is 8.68. The average molecular weight is 253 g/mol. The van der Waals surface area contributed by atoms with Crippen LogP contribution >= 0.6 is 0 Å². The van der Waals surface area contributed by atoms with E-state index in [0.29, 0.717) is 18.5 Å². The molecule has 0 saturated carbocycles. The van der Waals surface area contributed by atoms with Gasteiger partial charge in [0.05, 0.1) is 12.6 Å². The van der Waals surface area contributed by atoms with Crippen LogP contribution in [0, 0.1) is 5.41 Å². The van der Waals surface area contributed by atoms with Gasteiger partial charge in [-0.15, -0.1) is 0 Å². The van der Waals surface area contributed by atoms with Gasteiger partial charge in [0.2, 0.25) is 0 Å². The summed E-state index contributed by atoms with van der Waals surface area (Å²) in [5, 5.41) is 17.3. The van der Waals surface area contributed by atoms with E-state index in [1.54, 1.807) is 10.9 Å². The molecule has 18 heavy (non-hydrogen) atoms. The summed E-state index contributed by atoms with van der Waals surface area (Å²) in [6.45, 7) is 6.08. The third kappa shape index (κ3) is 4.08. The molecule has 1 aromatic rings. The van der Waals surface area contributed by atoms with Crippen LogP contribution in [0.3, 0.4) is 0 Å². The van der Waals surface area contributed by atoms with Crippen LogP contribution in [0.4, 0.5) is 0 Å². The van der Waals surface area contributed by atoms with Crippen molar-refractivity contribution in [2.45, 2.75) is 32.4 Å². The Morgan fingerprint density at radius 2 is 2.28 bits per heavy atom. The third-order valence-corrected chi connectivity index (χ3v) is 3.59. The van der Waals surface area contributed by atoms with Crippen molar-refractivity contribution >= 4 is 0 Å². The van der Waals surface area contributed by atoms with Crippen molar-refractivity contribution in [3.8, 4) is 0 Å². The minimum absolute atomic E-state index is 0.309. The lowest BCUT2D eigenvalue weighted by molar-refractivity contribution is 0.0224. The van der Waals surface area contributed by atoms with Crippen LogP contribution in [0.15, 0.2) is 18.5 Å². The number of ether oxygens (including phenoxy) is 1. The van der Waals surface area contributed by atoms with Crippen molar-refractivity contribution < 1.29 is 9.84 Å². The van der Waals surface area contributed by atoms with Gasteiger partial charge in [-0.1, -0.05) is 6.92 Å². The molecule has 0 amide bonds. The van der Waals surface area contributed by atoms with Gasteiger partial charge in [0, 0.05) is 38.7 Å². The molecule has 1 atom stereocenters. The second-order valence-corrected chi connectivity index (χ2v) is 5.44. The Hall–Kier alpha value is -0.910. The minimum atomic E-state index is -0.395. The van der Waals surface area contributed by atoms with Gasteiger partial charge in [-0.3, -0.25) is 4.68 Å². The number of aliphatic hydroxyl groups excluding tert-OH is 1. The van der Waals surface area contributed by atoms with Crippen LogP contribution in [0.2, 0.25) is 0 Å². The molecule has 2 rings (SSSR count). The zero-order valence-electron chi connectivity index (χ0n) is 11.0. The molecule has 5 heteroatoms. The van der Waals surface area contributed by atoms with E-state index in [4.69, 9.17) is 4.74 Å². The number of hydrogen-bond donors (Lipinski definition) is 2. The molecular weight excluding hydrogens is 230 g/mol. The molecule has 5 nitrogen and oxygen atoms in total. The molecule has 1 saturated heterocycles. The number of rotatable bonds is 6. The van der Waals surface area contributed by atoms with Crippen LogP contribution in [0.5, 0.6) is 0 Å². The summed E-state index contributed by atoms with van der Waals surface area (Å²) in [7, 11) is 0. The molecule has 1 aliphatic rings. The molecule has 2 heterocycles. The van der Waals surface area contributed by atoms with Crippen LogP contribution < -0.4 is 5.32 Å². The Labute approximate surface area is 108 Å². The Bertz CT molecular complexity index is 334. The lowest BCUT2D eigenvalue weighted by Gasteiger charge is -2.34. The fraction of sp³-hybridized carbons (Fsp3) is 0.769. The molecule has 102 valence electrons. The van der Waals surface area contributed by atoms with Gasteiger partial charge in [0.1, 0.15) is 0 Å². The van der Waals surface area contributed by atoms with E-state index in [9.17, 15) is 5.11 Å². The van der Waals surface area contributed by atoms with E-state index in [-0.39, 0.29) is 0 Å². The largest absolute Gasteiger partial charge is 0.390 e. The van der Waals surface area contributed by atoms with Crippen molar-refractivity contribution in [3.63, 3.8) is 0 Å². The summed E-state index contributed by atoms with van der Waals surface area (Å²) >= 11 is 0. The highest BCUT2D eigenvalue weighted by Crippen LogP contribution is 2.28. The Kier molecular flexibility index (Phi) is 4.74. The Morgan fingerprint density at radius 1 is 1.50 bits per heavy atom. The molecule has 0 spiro atoms. The monoisotopic (exact) mass is 253 g/mol. The number of hydrogen-bond acceptors (Lipinski definition) is 4. The molecule has 0 aliphatic carbocycles. The Balaban J connectivity index is 1.65. The molecule has 1 aliphatic heterocycles. The van der Waals surface area contributed by atoms with Gasteiger partial charge in [-0.25, -0.2) is 0 Å². The van der Waals surface area contributed by atoms with Crippen LogP contribution in [0.25, 0.3) is 0 Å². The number of nitrogens with zero attached hydrogens (tertiary/aromatic N) is 2. The second-order valence-electron chi connectivity index (χ2n) is 5.44. The fourth-order valence-electron chi connectivity index (χ4n) is 2.27. The summed E-state index contributed by atoms with van der Waals surface area (Å²) in [5.41, 5.74) is 0.309. The molecule has 0 aromatic carbocycles. The zero-order valence-corrected chi connectivity index (χ0v) is 11.0. The third-order valence-electron chi connectivity index (χ3n) is 3.59. The topological polar surface area (TPSA) is 59.3 Å². The van der Waals surface area contributed by atoms with Crippen LogP contribution in [-0.2, 0) is 11.3 Å². The minimum Gasteiger partial charge on any atom is -0.390 e. The molecular formula is C13H23N3O2. The van der Waals surface area contributed by atoms with Crippen molar-refractivity contribution in [3.05, 3.63) is 18.5 Å². The van der Waals surface area contributed by atoms with Crippen LogP contribution in [0.1, 0.15) is 19.8 Å². The van der Waals surface area contributed by atoms with Gasteiger partial charge in [-0.2, -0.15) is 5.10 Å². The van der Waals surface area contributed by atoms with E-state index in [1.807, 2.05) is 12.3 Å². The molecule has 1 fully saturated rings. The van der Waals surface area contributed by atoms with Gasteiger partial charge in [-0.05, 0) is 24.3 Å². The normalized spacial score (nSPS) is 20.8. The highest BCUT2D eigenvalue weighted by atomic mass is 16.5. The lowest BCUT2D eigenvalue weighted by Crippen LogP contribution is -2.40. The zero-order chi connectivity index (χ0) is 12.8. The maximum Gasteiger partial charge on any atom is 0.0860 e. The summed E-state index contributed by atoms with van der Waals surface area (Å²) in [4.78, 5) is 0. The summed E-state index contributed by atoms with van der Waals surface area (Å²) in [6.07, 6.45) is 5.38. The molecule has 1 aromatic heterocycles. The highest BCUT2D eigenvalue weighted by molar-refractivity contribution is 4.81. The quantitative estimate of drug-likeness (QED) is 0.781. The molecule has 0 radical (unpaired) electrons. The van der Waals surface area contributed by atoms with Gasteiger partial charge >= 0.3 is 0 Å². The van der Waals surface area contributed by atoms with Crippen LogP contribution in [-0.4, -0.2) is 47.3 Å². The summed E-state index contributed by atoms with van der Waals surface area (Å²) in [6, 6.07) is 1.86. The number of aliphatic hydroxyl groups is 1. The van der Waals surface area contributed by atoms with Crippen molar-refractivity contribution in [1.82, 2.24) is 15.1 Å². The van der Waals surface area contributed by atoms with Crippen molar-refractivity contribution in [1.29, 1.82) is 0 Å². The second kappa shape index (κ2) is 6.31. The first-order valence-corrected chi connectivity index (χ1v) is 6.62. The molecule has 2 N–H and O–H groups in total. The predicted octanol–water partition coefficient (Wildman–Crippen LogP) is 0.650. The smallest absolute Gasteiger partial charge is 0.0860 e. The summed E-state index contributed by atoms with van der Waals surface area (Å²) < 4.78 is 7.13. The molecule has 1 unspecified atom stereocenters. The number of aromatic nitrogens is 2.